The molecule has 0 aromatic heterocycles. The molecule has 0 aliphatic heterocycles. The molecule has 0 fully saturated rings. The fourth-order valence-electron chi connectivity index (χ4n) is 0.0821. The highest BCUT2D eigenvalue weighted by molar-refractivity contribution is 5.86. The molecule has 6 heavy (non-hydrogen) atoms. The molecule has 1 amide bonds. The number of hydrogen-bond donors (Lipinski definition) is 1. The van der Waals surface area contributed by atoms with Crippen LogP contribution < -0.4 is 5.73 Å². The van der Waals surface area contributed by atoms with Crippen LogP contribution in [0.4, 0.5) is 0 Å². The van der Waals surface area contributed by atoms with Gasteiger partial charge in [0, 0.05) is 0 Å². The van der Waals surface area contributed by atoms with Crippen molar-refractivity contribution in [1.29, 1.82) is 0 Å². The Morgan fingerprint density at radius 2 is 2.33 bits per heavy atom. The Hall–Kier alpha value is -0.860. The summed E-state index contributed by atoms with van der Waals surface area (Å²) in [5.41, 5.74) is 4.53. The van der Waals surface area contributed by atoms with Crippen molar-refractivity contribution in [3.8, 4) is 0 Å². The molecule has 0 radical (unpaired) electrons. The van der Waals surface area contributed by atoms with Crippen LogP contribution in [0.25, 0.3) is 0 Å². The van der Waals surface area contributed by atoms with Gasteiger partial charge in [0.05, 0.1) is 6.42 Å². The van der Waals surface area contributed by atoms with E-state index in [9.17, 15) is 9.59 Å². The van der Waals surface area contributed by atoms with Gasteiger partial charge in [0.1, 0.15) is 6.29 Å². The summed E-state index contributed by atoms with van der Waals surface area (Å²) in [5.74, 6) is -0.579. The van der Waals surface area contributed by atoms with Crippen LogP contribution in [0.5, 0.6) is 0 Å². The van der Waals surface area contributed by atoms with Gasteiger partial charge in [0.25, 0.3) is 0 Å². The van der Waals surface area contributed by atoms with Gasteiger partial charge in [-0.2, -0.15) is 0 Å². The van der Waals surface area contributed by atoms with E-state index in [0.29, 0.717) is 6.29 Å². The predicted octanol–water partition coefficient (Wildman–Crippen LogP) is -0.939. The van der Waals surface area contributed by atoms with Crippen LogP contribution >= 0.6 is 0 Å². The molecule has 0 spiro atoms. The first kappa shape index (κ1) is 5.14. The molecule has 0 bridgehead atoms. The van der Waals surface area contributed by atoms with Crippen molar-refractivity contribution in [3.63, 3.8) is 0 Å². The van der Waals surface area contributed by atoms with Crippen molar-refractivity contribution in [2.45, 2.75) is 6.42 Å². The Morgan fingerprint density at radius 3 is 2.33 bits per heavy atom. The third-order valence-corrected chi connectivity index (χ3v) is 0.285. The SMILES string of the molecule is NC(=O)CC=O. The van der Waals surface area contributed by atoms with Crippen molar-refractivity contribution < 1.29 is 9.59 Å². The third-order valence-electron chi connectivity index (χ3n) is 0.285. The summed E-state index contributed by atoms with van der Waals surface area (Å²) in [6.07, 6.45) is 0.308. The lowest BCUT2D eigenvalue weighted by Crippen LogP contribution is -2.09. The van der Waals surface area contributed by atoms with Crippen LogP contribution in [0, 0.1) is 0 Å². The van der Waals surface area contributed by atoms with Crippen molar-refractivity contribution in [2.24, 2.45) is 5.73 Å². The van der Waals surface area contributed by atoms with E-state index in [2.05, 4.69) is 5.73 Å². The first-order valence-corrected chi connectivity index (χ1v) is 1.49. The van der Waals surface area contributed by atoms with Crippen molar-refractivity contribution in [2.75, 3.05) is 0 Å². The summed E-state index contributed by atoms with van der Waals surface area (Å²) in [6.45, 7) is 0. The molecule has 0 aliphatic carbocycles. The summed E-state index contributed by atoms with van der Waals surface area (Å²) in [5, 5.41) is 0. The number of carbonyl (C=O) groups excluding carboxylic acids is 2. The Labute approximate surface area is 35.1 Å². The second kappa shape index (κ2) is 2.38. The molecular weight excluding hydrogens is 82.0 g/mol. The minimum absolute atomic E-state index is 0.167. The molecule has 0 saturated heterocycles. The van der Waals surface area contributed by atoms with E-state index in [1.165, 1.54) is 0 Å². The van der Waals surface area contributed by atoms with Crippen LogP contribution in [0.3, 0.4) is 0 Å². The molecule has 0 aromatic carbocycles. The second-order valence-corrected chi connectivity index (χ2v) is 0.837. The van der Waals surface area contributed by atoms with Crippen LogP contribution in [-0.4, -0.2) is 12.2 Å². The molecule has 2 N–H and O–H groups in total. The zero-order valence-electron chi connectivity index (χ0n) is 3.18. The molecule has 0 aromatic rings. The fourth-order valence-corrected chi connectivity index (χ4v) is 0.0821. The Bertz CT molecular complexity index is 69.2. The maximum atomic E-state index is 9.59. The average Bonchev–Trinajstić information content (AvgIpc) is 1.35. The van der Waals surface area contributed by atoms with Gasteiger partial charge in [0.15, 0.2) is 0 Å². The van der Waals surface area contributed by atoms with E-state index in [1.807, 2.05) is 0 Å². The first-order valence-electron chi connectivity index (χ1n) is 1.49. The number of aldehydes is 1. The van der Waals surface area contributed by atoms with Gasteiger partial charge in [0.2, 0.25) is 5.91 Å². The van der Waals surface area contributed by atoms with E-state index in [1.54, 1.807) is 0 Å². The van der Waals surface area contributed by atoms with Gasteiger partial charge in [-0.15, -0.1) is 0 Å². The summed E-state index contributed by atoms with van der Waals surface area (Å²) in [6, 6.07) is 0. The number of hydrogen-bond acceptors (Lipinski definition) is 2. The van der Waals surface area contributed by atoms with Crippen molar-refractivity contribution in [1.82, 2.24) is 0 Å². The van der Waals surface area contributed by atoms with E-state index < -0.39 is 5.91 Å². The number of amides is 1. The molecule has 0 atom stereocenters. The summed E-state index contributed by atoms with van der Waals surface area (Å²) in [4.78, 5) is 18.9. The van der Waals surface area contributed by atoms with Crippen LogP contribution in [0.1, 0.15) is 6.42 Å². The molecular formula is C3H5NO2. The molecule has 0 aliphatic rings. The maximum absolute atomic E-state index is 9.59. The van der Waals surface area contributed by atoms with Gasteiger partial charge in [-0.05, 0) is 0 Å². The highest BCUT2D eigenvalue weighted by Gasteiger charge is 1.84. The number of nitrogens with two attached hydrogens (primary N) is 1. The third kappa shape index (κ3) is 3.14. The molecule has 3 nitrogen and oxygen atoms in total. The lowest BCUT2D eigenvalue weighted by Gasteiger charge is -1.73. The van der Waals surface area contributed by atoms with Gasteiger partial charge < -0.3 is 10.5 Å². The lowest BCUT2D eigenvalue weighted by molar-refractivity contribution is -0.121. The molecule has 0 heterocycles. The Balaban J connectivity index is 3.05. The highest BCUT2D eigenvalue weighted by Crippen LogP contribution is 1.60. The summed E-state index contributed by atoms with van der Waals surface area (Å²) in [7, 11) is 0. The van der Waals surface area contributed by atoms with Crippen LogP contribution in [0.2, 0.25) is 0 Å². The molecule has 34 valence electrons. The lowest BCUT2D eigenvalue weighted by atomic mass is 10.5. The van der Waals surface area contributed by atoms with Gasteiger partial charge in [-0.3, -0.25) is 4.79 Å². The largest absolute Gasteiger partial charge is 0.369 e. The zero-order chi connectivity index (χ0) is 4.99. The van der Waals surface area contributed by atoms with Crippen molar-refractivity contribution >= 4 is 12.2 Å². The number of carbonyl (C=O) groups is 2. The maximum Gasteiger partial charge on any atom is 0.224 e. The smallest absolute Gasteiger partial charge is 0.224 e. The Kier molecular flexibility index (Phi) is 2.04. The van der Waals surface area contributed by atoms with Crippen LogP contribution in [0.15, 0.2) is 0 Å². The van der Waals surface area contributed by atoms with E-state index in [0.717, 1.165) is 0 Å². The molecule has 0 unspecified atom stereocenters. The monoisotopic (exact) mass is 87.0 g/mol. The standard InChI is InChI=1S/C3H5NO2/c4-3(6)1-2-5/h2H,1H2,(H2,4,6). The Morgan fingerprint density at radius 1 is 1.83 bits per heavy atom. The zero-order valence-corrected chi connectivity index (χ0v) is 3.18. The van der Waals surface area contributed by atoms with Crippen LogP contribution in [-0.2, 0) is 9.59 Å². The quantitative estimate of drug-likeness (QED) is 0.349. The van der Waals surface area contributed by atoms with Gasteiger partial charge in [-0.25, -0.2) is 0 Å². The van der Waals surface area contributed by atoms with E-state index in [-0.39, 0.29) is 6.42 Å². The summed E-state index contributed by atoms with van der Waals surface area (Å²) < 4.78 is 0. The second-order valence-electron chi connectivity index (χ2n) is 0.837. The van der Waals surface area contributed by atoms with Gasteiger partial charge in [-0.1, -0.05) is 0 Å². The number of primary amides is 1. The van der Waals surface area contributed by atoms with Gasteiger partial charge >= 0.3 is 0 Å². The van der Waals surface area contributed by atoms with E-state index in [4.69, 9.17) is 0 Å². The van der Waals surface area contributed by atoms with Crippen molar-refractivity contribution in [3.05, 3.63) is 0 Å². The molecule has 0 saturated carbocycles. The molecule has 0 rings (SSSR count). The topological polar surface area (TPSA) is 60.2 Å². The van der Waals surface area contributed by atoms with E-state index >= 15 is 0 Å². The average molecular weight is 87.1 g/mol. The number of rotatable bonds is 2. The molecule has 3 heteroatoms. The first-order chi connectivity index (χ1) is 2.77. The minimum atomic E-state index is -0.579. The highest BCUT2D eigenvalue weighted by atomic mass is 16.2. The minimum Gasteiger partial charge on any atom is -0.369 e. The normalized spacial score (nSPS) is 7.33. The fraction of sp³-hybridized carbons (Fsp3) is 0.333. The summed E-state index contributed by atoms with van der Waals surface area (Å²) >= 11 is 0. The predicted molar refractivity (Wildman–Crippen MR) is 19.9 cm³/mol.